The van der Waals surface area contributed by atoms with Crippen LogP contribution < -0.4 is 4.90 Å². The lowest BCUT2D eigenvalue weighted by Crippen LogP contribution is -2.19. The van der Waals surface area contributed by atoms with Crippen molar-refractivity contribution < 1.29 is 17.6 Å². The van der Waals surface area contributed by atoms with Crippen LogP contribution in [0, 0.1) is 5.82 Å². The fourth-order valence-corrected chi connectivity index (χ4v) is 1.66. The summed E-state index contributed by atoms with van der Waals surface area (Å²) in [7, 11) is 1.60. The second kappa shape index (κ2) is 5.44. The van der Waals surface area contributed by atoms with Crippen molar-refractivity contribution in [3.63, 3.8) is 0 Å². The summed E-state index contributed by atoms with van der Waals surface area (Å²) in [6.45, 7) is 0.314. The number of alkyl halides is 3. The number of rotatable bonds is 3. The molecule has 0 bridgehead atoms. The van der Waals surface area contributed by atoms with Crippen LogP contribution in [0.15, 0.2) is 36.7 Å². The quantitative estimate of drug-likeness (QED) is 0.810. The molecular weight excluding hydrogens is 274 g/mol. The Morgan fingerprint density at radius 1 is 1.10 bits per heavy atom. The largest absolute Gasteiger partial charge is 0.433 e. The van der Waals surface area contributed by atoms with E-state index in [2.05, 4.69) is 9.97 Å². The first-order valence-electron chi connectivity index (χ1n) is 5.71. The molecule has 3 nitrogen and oxygen atoms in total. The molecule has 2 aromatic rings. The fourth-order valence-electron chi connectivity index (χ4n) is 1.66. The van der Waals surface area contributed by atoms with Gasteiger partial charge in [0.2, 0.25) is 0 Å². The van der Waals surface area contributed by atoms with E-state index in [0.717, 1.165) is 18.0 Å². The van der Waals surface area contributed by atoms with Crippen LogP contribution in [0.4, 0.5) is 23.4 Å². The van der Waals surface area contributed by atoms with E-state index in [1.807, 2.05) is 0 Å². The van der Waals surface area contributed by atoms with E-state index in [9.17, 15) is 17.6 Å². The molecule has 0 aliphatic carbocycles. The molecule has 1 aromatic heterocycles. The molecule has 0 saturated heterocycles. The van der Waals surface area contributed by atoms with Gasteiger partial charge in [0.25, 0.3) is 0 Å². The van der Waals surface area contributed by atoms with Gasteiger partial charge in [-0.25, -0.2) is 14.4 Å². The zero-order valence-electron chi connectivity index (χ0n) is 10.5. The minimum absolute atomic E-state index is 0.150. The van der Waals surface area contributed by atoms with Gasteiger partial charge in [-0.2, -0.15) is 13.2 Å². The first-order chi connectivity index (χ1) is 9.36. The molecular formula is C13H11F4N3. The summed E-state index contributed by atoms with van der Waals surface area (Å²) in [5.74, 6) is -0.213. The van der Waals surface area contributed by atoms with Crippen LogP contribution in [0.1, 0.15) is 11.3 Å². The van der Waals surface area contributed by atoms with Crippen LogP contribution in [0.3, 0.4) is 0 Å². The van der Waals surface area contributed by atoms with Gasteiger partial charge in [0.1, 0.15) is 23.7 Å². The summed E-state index contributed by atoms with van der Waals surface area (Å²) >= 11 is 0. The lowest BCUT2D eigenvalue weighted by molar-refractivity contribution is -0.141. The van der Waals surface area contributed by atoms with E-state index in [4.69, 9.17) is 0 Å². The highest BCUT2D eigenvalue weighted by Crippen LogP contribution is 2.28. The number of hydrogen-bond donors (Lipinski definition) is 0. The number of nitrogens with zero attached hydrogens (tertiary/aromatic N) is 3. The Hall–Kier alpha value is -2.18. The molecule has 0 aliphatic rings. The minimum atomic E-state index is -4.51. The molecule has 0 aliphatic heterocycles. The van der Waals surface area contributed by atoms with Crippen molar-refractivity contribution in [1.82, 2.24) is 9.97 Å². The molecule has 0 fully saturated rings. The lowest BCUT2D eigenvalue weighted by Gasteiger charge is -2.19. The topological polar surface area (TPSA) is 29.0 Å². The van der Waals surface area contributed by atoms with Crippen LogP contribution in [-0.4, -0.2) is 17.0 Å². The van der Waals surface area contributed by atoms with Gasteiger partial charge in [0.15, 0.2) is 0 Å². The maximum Gasteiger partial charge on any atom is 0.433 e. The summed E-state index contributed by atoms with van der Waals surface area (Å²) < 4.78 is 50.4. The first-order valence-corrected chi connectivity index (χ1v) is 5.71. The highest BCUT2D eigenvalue weighted by molar-refractivity contribution is 5.39. The predicted octanol–water partition coefficient (Wildman–Crippen LogP) is 3.27. The molecule has 0 N–H and O–H groups in total. The summed E-state index contributed by atoms with van der Waals surface area (Å²) in [4.78, 5) is 8.54. The molecule has 1 heterocycles. The number of benzene rings is 1. The molecule has 2 rings (SSSR count). The van der Waals surface area contributed by atoms with E-state index in [0.29, 0.717) is 6.54 Å². The normalized spacial score (nSPS) is 11.4. The highest BCUT2D eigenvalue weighted by Gasteiger charge is 2.33. The van der Waals surface area contributed by atoms with E-state index in [1.165, 1.54) is 17.0 Å². The summed E-state index contributed by atoms with van der Waals surface area (Å²) in [5, 5.41) is 0. The van der Waals surface area contributed by atoms with Gasteiger partial charge in [-0.05, 0) is 17.7 Å². The van der Waals surface area contributed by atoms with Crippen LogP contribution in [-0.2, 0) is 12.7 Å². The van der Waals surface area contributed by atoms with Gasteiger partial charge in [-0.15, -0.1) is 0 Å². The molecule has 0 amide bonds. The van der Waals surface area contributed by atoms with Gasteiger partial charge < -0.3 is 4.90 Å². The summed E-state index contributed by atoms with van der Waals surface area (Å²) in [6, 6.07) is 6.60. The summed E-state index contributed by atoms with van der Waals surface area (Å²) in [5.41, 5.74) is -0.227. The van der Waals surface area contributed by atoms with Crippen molar-refractivity contribution >= 4 is 5.82 Å². The monoisotopic (exact) mass is 285 g/mol. The number of anilines is 1. The first kappa shape index (κ1) is 14.2. The zero-order chi connectivity index (χ0) is 14.8. The van der Waals surface area contributed by atoms with E-state index >= 15 is 0 Å². The van der Waals surface area contributed by atoms with Crippen molar-refractivity contribution in [2.24, 2.45) is 0 Å². The van der Waals surface area contributed by atoms with Crippen molar-refractivity contribution in [2.75, 3.05) is 11.9 Å². The van der Waals surface area contributed by atoms with Crippen LogP contribution in [0.25, 0.3) is 0 Å². The molecule has 0 unspecified atom stereocenters. The SMILES string of the molecule is CN(Cc1ccc(F)cc1)c1cc(C(F)(F)F)ncn1. The standard InChI is InChI=1S/C13H11F4N3/c1-20(7-9-2-4-10(14)5-3-9)12-6-11(13(15,16)17)18-8-19-12/h2-6,8H,7H2,1H3. The average molecular weight is 285 g/mol. The zero-order valence-corrected chi connectivity index (χ0v) is 10.5. The van der Waals surface area contributed by atoms with Gasteiger partial charge in [-0.1, -0.05) is 12.1 Å². The Kier molecular flexibility index (Phi) is 3.87. The molecule has 20 heavy (non-hydrogen) atoms. The molecule has 7 heteroatoms. The summed E-state index contributed by atoms with van der Waals surface area (Å²) in [6.07, 6.45) is -3.63. The average Bonchev–Trinajstić information content (AvgIpc) is 2.40. The third kappa shape index (κ3) is 3.43. The molecule has 1 aromatic carbocycles. The number of hydrogen-bond acceptors (Lipinski definition) is 3. The molecule has 0 spiro atoms. The van der Waals surface area contributed by atoms with Gasteiger partial charge in [0, 0.05) is 19.7 Å². The highest BCUT2D eigenvalue weighted by atomic mass is 19.4. The molecule has 0 atom stereocenters. The number of aromatic nitrogens is 2. The smallest absolute Gasteiger partial charge is 0.355 e. The Balaban J connectivity index is 2.17. The van der Waals surface area contributed by atoms with Crippen molar-refractivity contribution in [2.45, 2.75) is 12.7 Å². The Bertz CT molecular complexity index is 581. The van der Waals surface area contributed by atoms with Crippen molar-refractivity contribution in [3.8, 4) is 0 Å². The molecule has 106 valence electrons. The Labute approximate surface area is 112 Å². The lowest BCUT2D eigenvalue weighted by atomic mass is 10.2. The van der Waals surface area contributed by atoms with Crippen LogP contribution in [0.5, 0.6) is 0 Å². The molecule has 0 saturated carbocycles. The van der Waals surface area contributed by atoms with Crippen LogP contribution in [0.2, 0.25) is 0 Å². The molecule has 0 radical (unpaired) electrons. The van der Waals surface area contributed by atoms with Crippen LogP contribution >= 0.6 is 0 Å². The maximum atomic E-state index is 12.8. The third-order valence-corrected chi connectivity index (χ3v) is 2.67. The third-order valence-electron chi connectivity index (χ3n) is 2.67. The fraction of sp³-hybridized carbons (Fsp3) is 0.231. The van der Waals surface area contributed by atoms with Gasteiger partial charge >= 0.3 is 6.18 Å². The minimum Gasteiger partial charge on any atom is -0.355 e. The van der Waals surface area contributed by atoms with Crippen molar-refractivity contribution in [1.29, 1.82) is 0 Å². The Morgan fingerprint density at radius 2 is 1.75 bits per heavy atom. The van der Waals surface area contributed by atoms with E-state index in [1.54, 1.807) is 19.2 Å². The van der Waals surface area contributed by atoms with Crippen molar-refractivity contribution in [3.05, 3.63) is 53.7 Å². The second-order valence-corrected chi connectivity index (χ2v) is 4.24. The predicted molar refractivity (Wildman–Crippen MR) is 65.5 cm³/mol. The van der Waals surface area contributed by atoms with Gasteiger partial charge in [0.05, 0.1) is 0 Å². The van der Waals surface area contributed by atoms with E-state index < -0.39 is 11.9 Å². The number of halogens is 4. The maximum absolute atomic E-state index is 12.8. The van der Waals surface area contributed by atoms with Gasteiger partial charge in [-0.3, -0.25) is 0 Å². The Morgan fingerprint density at radius 3 is 2.35 bits per heavy atom. The van der Waals surface area contributed by atoms with E-state index in [-0.39, 0.29) is 11.6 Å². The second-order valence-electron chi connectivity index (χ2n) is 4.24.